The van der Waals surface area contributed by atoms with Gasteiger partial charge in [0.15, 0.2) is 4.34 Å². The second-order valence-corrected chi connectivity index (χ2v) is 12.7. The highest BCUT2D eigenvalue weighted by Gasteiger charge is 2.48. The van der Waals surface area contributed by atoms with Gasteiger partial charge in [-0.15, -0.1) is 10.2 Å². The van der Waals surface area contributed by atoms with Gasteiger partial charge in [0, 0.05) is 15.8 Å². The van der Waals surface area contributed by atoms with Gasteiger partial charge in [-0.25, -0.2) is 4.39 Å². The Hall–Kier alpha value is -3.54. The minimum Gasteiger partial charge on any atom is -0.507 e. The molecule has 7 nitrogen and oxygen atoms in total. The number of amides is 1. The normalized spacial score (nSPS) is 16.3. The van der Waals surface area contributed by atoms with Gasteiger partial charge in [0.05, 0.1) is 18.2 Å². The molecule has 0 spiro atoms. The number of aromatic nitrogens is 2. The van der Waals surface area contributed by atoms with Crippen LogP contribution in [0.1, 0.15) is 48.9 Å². The summed E-state index contributed by atoms with van der Waals surface area (Å²) in [6, 6.07) is 19.3. The number of aliphatic hydroxyl groups is 1. The van der Waals surface area contributed by atoms with Crippen LogP contribution in [-0.4, -0.2) is 33.6 Å². The molecule has 11 heteroatoms. The second kappa shape index (κ2) is 13.6. The molecule has 1 saturated heterocycles. The topological polar surface area (TPSA) is 92.6 Å². The highest BCUT2D eigenvalue weighted by molar-refractivity contribution is 9.10. The number of ether oxygens (including phenoxy) is 1. The third kappa shape index (κ3) is 6.74. The molecular weight excluding hydrogens is 641 g/mol. The van der Waals surface area contributed by atoms with Crippen LogP contribution in [0.3, 0.4) is 0 Å². The van der Waals surface area contributed by atoms with Crippen LogP contribution in [0.2, 0.25) is 0 Å². The van der Waals surface area contributed by atoms with E-state index in [0.717, 1.165) is 29.3 Å². The molecule has 0 saturated carbocycles. The quantitative estimate of drug-likeness (QED) is 0.0434. The standard InChI is InChI=1S/C31H27BrFN3O4S2/c1-2-3-4-17-40-24-15-9-20(10-16-24)26-25(27(37)21-7-11-22(32)12-8-21)28(38)29(39)36(26)30-34-35-31(42-30)41-18-19-5-13-23(33)14-6-19/h5-16,26,37H,2-4,17-18H2,1H3/b27-25-. The van der Waals surface area contributed by atoms with Crippen molar-refractivity contribution in [3.63, 3.8) is 0 Å². The fourth-order valence-electron chi connectivity index (χ4n) is 4.48. The van der Waals surface area contributed by atoms with Gasteiger partial charge in [-0.2, -0.15) is 0 Å². The summed E-state index contributed by atoms with van der Waals surface area (Å²) in [5.41, 5.74) is 1.90. The number of ketones is 1. The lowest BCUT2D eigenvalue weighted by atomic mass is 9.95. The Kier molecular flexibility index (Phi) is 9.71. The van der Waals surface area contributed by atoms with Gasteiger partial charge in [0.2, 0.25) is 5.13 Å². The van der Waals surface area contributed by atoms with E-state index in [1.54, 1.807) is 60.7 Å². The lowest BCUT2D eigenvalue weighted by Gasteiger charge is -2.22. The molecule has 42 heavy (non-hydrogen) atoms. The number of rotatable bonds is 11. The van der Waals surface area contributed by atoms with E-state index in [0.29, 0.717) is 33.6 Å². The van der Waals surface area contributed by atoms with Crippen molar-refractivity contribution in [3.8, 4) is 5.75 Å². The van der Waals surface area contributed by atoms with Crippen molar-refractivity contribution in [2.24, 2.45) is 0 Å². The summed E-state index contributed by atoms with van der Waals surface area (Å²) >= 11 is 5.95. The van der Waals surface area contributed by atoms with Gasteiger partial charge in [-0.05, 0) is 53.9 Å². The molecule has 1 unspecified atom stereocenters. The van der Waals surface area contributed by atoms with E-state index in [-0.39, 0.29) is 22.3 Å². The Labute approximate surface area is 259 Å². The van der Waals surface area contributed by atoms with Crippen LogP contribution >= 0.6 is 39.0 Å². The van der Waals surface area contributed by atoms with Gasteiger partial charge in [0.1, 0.15) is 17.3 Å². The number of carbonyl (C=O) groups is 2. The Morgan fingerprint density at radius 3 is 2.43 bits per heavy atom. The van der Waals surface area contributed by atoms with Crippen molar-refractivity contribution in [2.75, 3.05) is 11.5 Å². The van der Waals surface area contributed by atoms with Crippen LogP contribution in [0, 0.1) is 5.82 Å². The summed E-state index contributed by atoms with van der Waals surface area (Å²) in [5.74, 6) is -0.989. The number of benzene rings is 3. The Morgan fingerprint density at radius 2 is 1.74 bits per heavy atom. The first-order valence-electron chi connectivity index (χ1n) is 13.4. The summed E-state index contributed by atoms with van der Waals surface area (Å²) in [6.07, 6.45) is 3.12. The molecule has 5 rings (SSSR count). The lowest BCUT2D eigenvalue weighted by Crippen LogP contribution is -2.29. The summed E-state index contributed by atoms with van der Waals surface area (Å²) in [7, 11) is 0. The fourth-order valence-corrected chi connectivity index (χ4v) is 6.57. The zero-order valence-electron chi connectivity index (χ0n) is 22.6. The third-order valence-corrected chi connectivity index (χ3v) is 9.31. The van der Waals surface area contributed by atoms with E-state index >= 15 is 0 Å². The van der Waals surface area contributed by atoms with E-state index in [2.05, 4.69) is 33.1 Å². The number of Topliss-reactive ketones (excluding diaryl/α,β-unsaturated/α-hetero) is 1. The molecule has 1 N–H and O–H groups in total. The molecule has 1 aliphatic heterocycles. The largest absolute Gasteiger partial charge is 0.507 e. The molecule has 0 radical (unpaired) electrons. The molecule has 0 bridgehead atoms. The van der Waals surface area contributed by atoms with Crippen LogP contribution in [0.25, 0.3) is 5.76 Å². The van der Waals surface area contributed by atoms with E-state index < -0.39 is 17.7 Å². The van der Waals surface area contributed by atoms with Crippen LogP contribution < -0.4 is 9.64 Å². The number of anilines is 1. The van der Waals surface area contributed by atoms with Crippen molar-refractivity contribution in [1.82, 2.24) is 10.2 Å². The molecule has 1 fully saturated rings. The molecule has 3 aromatic carbocycles. The number of hydrogen-bond acceptors (Lipinski definition) is 8. The van der Waals surface area contributed by atoms with E-state index in [9.17, 15) is 19.1 Å². The minimum atomic E-state index is -0.925. The lowest BCUT2D eigenvalue weighted by molar-refractivity contribution is -0.132. The molecule has 216 valence electrons. The van der Waals surface area contributed by atoms with Crippen molar-refractivity contribution >= 4 is 61.6 Å². The number of halogens is 2. The predicted molar refractivity (Wildman–Crippen MR) is 166 cm³/mol. The minimum absolute atomic E-state index is 0.0327. The van der Waals surface area contributed by atoms with Gasteiger partial charge < -0.3 is 9.84 Å². The summed E-state index contributed by atoms with van der Waals surface area (Å²) in [4.78, 5) is 28.2. The average molecular weight is 669 g/mol. The van der Waals surface area contributed by atoms with Gasteiger partial charge in [0.25, 0.3) is 5.78 Å². The first-order chi connectivity index (χ1) is 20.4. The number of nitrogens with zero attached hydrogens (tertiary/aromatic N) is 3. The predicted octanol–water partition coefficient (Wildman–Crippen LogP) is 7.93. The fraction of sp³-hybridized carbons (Fsp3) is 0.226. The smallest absolute Gasteiger partial charge is 0.301 e. The first-order valence-corrected chi connectivity index (χ1v) is 16.0. The van der Waals surface area contributed by atoms with Crippen LogP contribution in [-0.2, 0) is 15.3 Å². The number of hydrogen-bond donors (Lipinski definition) is 1. The van der Waals surface area contributed by atoms with Crippen molar-refractivity contribution in [2.45, 2.75) is 42.3 Å². The van der Waals surface area contributed by atoms with Crippen LogP contribution in [0.15, 0.2) is 87.2 Å². The average Bonchev–Trinajstić information content (AvgIpc) is 3.57. The zero-order chi connectivity index (χ0) is 29.6. The number of aliphatic hydroxyl groups excluding tert-OH is 1. The second-order valence-electron chi connectivity index (χ2n) is 9.57. The number of carbonyl (C=O) groups excluding carboxylic acids is 2. The number of unbranched alkanes of at least 4 members (excludes halogenated alkanes) is 2. The van der Waals surface area contributed by atoms with Crippen molar-refractivity contribution in [1.29, 1.82) is 0 Å². The molecule has 1 amide bonds. The first kappa shape index (κ1) is 29.9. The molecular formula is C31H27BrFN3O4S2. The maximum absolute atomic E-state index is 13.5. The maximum atomic E-state index is 13.5. The maximum Gasteiger partial charge on any atom is 0.301 e. The van der Waals surface area contributed by atoms with Crippen LogP contribution in [0.5, 0.6) is 5.75 Å². The molecule has 1 aromatic heterocycles. The molecule has 4 aromatic rings. The monoisotopic (exact) mass is 667 g/mol. The molecule has 2 heterocycles. The summed E-state index contributed by atoms with van der Waals surface area (Å²) in [6.45, 7) is 2.73. The van der Waals surface area contributed by atoms with E-state index in [1.807, 2.05) is 0 Å². The Balaban J connectivity index is 1.48. The molecule has 1 aliphatic rings. The summed E-state index contributed by atoms with van der Waals surface area (Å²) < 4.78 is 20.5. The summed E-state index contributed by atoms with van der Waals surface area (Å²) in [5, 5.41) is 20.0. The van der Waals surface area contributed by atoms with Gasteiger partial charge in [-0.1, -0.05) is 95.2 Å². The Morgan fingerprint density at radius 1 is 1.02 bits per heavy atom. The van der Waals surface area contributed by atoms with Crippen molar-refractivity contribution < 1.29 is 23.8 Å². The van der Waals surface area contributed by atoms with Crippen molar-refractivity contribution in [3.05, 3.63) is 105 Å². The SMILES string of the molecule is CCCCCOc1ccc(C2/C(=C(/O)c3ccc(Br)cc3)C(=O)C(=O)N2c2nnc(SCc3ccc(F)cc3)s2)cc1. The Bertz CT molecular complexity index is 1590. The number of thioether (sulfide) groups is 1. The zero-order valence-corrected chi connectivity index (χ0v) is 25.8. The molecule has 0 aliphatic carbocycles. The highest BCUT2D eigenvalue weighted by atomic mass is 79.9. The van der Waals surface area contributed by atoms with E-state index in [4.69, 9.17) is 4.74 Å². The third-order valence-electron chi connectivity index (χ3n) is 6.65. The highest BCUT2D eigenvalue weighted by Crippen LogP contribution is 2.44. The van der Waals surface area contributed by atoms with Crippen LogP contribution in [0.4, 0.5) is 9.52 Å². The van der Waals surface area contributed by atoms with E-state index in [1.165, 1.54) is 40.1 Å². The molecule has 1 atom stereocenters. The van der Waals surface area contributed by atoms with Gasteiger partial charge >= 0.3 is 5.91 Å². The van der Waals surface area contributed by atoms with Gasteiger partial charge in [-0.3, -0.25) is 14.5 Å².